The van der Waals surface area contributed by atoms with Gasteiger partial charge in [0, 0.05) is 30.3 Å². The summed E-state index contributed by atoms with van der Waals surface area (Å²) in [6, 6.07) is 5.48. The molecule has 1 amide bonds. The lowest BCUT2D eigenvalue weighted by Gasteiger charge is -2.32. The molecule has 1 aromatic rings. The molecule has 0 atom stereocenters. The number of amides is 1. The Bertz CT molecular complexity index is 468. The van der Waals surface area contributed by atoms with Gasteiger partial charge in [-0.2, -0.15) is 0 Å². The van der Waals surface area contributed by atoms with Crippen molar-refractivity contribution >= 4 is 23.2 Å². The number of piperidine rings is 1. The summed E-state index contributed by atoms with van der Waals surface area (Å²) in [4.78, 5) is 14.6. The Morgan fingerprint density at radius 1 is 1.35 bits per heavy atom. The number of benzene rings is 1. The second-order valence-electron chi connectivity index (χ2n) is 5.36. The van der Waals surface area contributed by atoms with E-state index in [2.05, 4.69) is 12.2 Å². The van der Waals surface area contributed by atoms with Gasteiger partial charge in [-0.15, -0.1) is 0 Å². The highest BCUT2D eigenvalue weighted by Gasteiger charge is 2.24. The molecule has 2 rings (SSSR count). The van der Waals surface area contributed by atoms with Crippen LogP contribution in [0.1, 0.15) is 43.5 Å². The van der Waals surface area contributed by atoms with Crippen LogP contribution >= 0.6 is 11.6 Å². The standard InChI is InChI=1S/C16H23ClN2O/c1-3-12-7-9-19(10-8-12)16(20)14-11-13(17)5-6-15(14)18-4-2/h5-6,11-12,18H,3-4,7-10H2,1-2H3. The minimum absolute atomic E-state index is 0.0954. The van der Waals surface area contributed by atoms with Gasteiger partial charge in [0.05, 0.1) is 5.56 Å². The average molecular weight is 295 g/mol. The molecule has 0 bridgehead atoms. The van der Waals surface area contributed by atoms with Gasteiger partial charge in [0.1, 0.15) is 0 Å². The first-order valence-corrected chi connectivity index (χ1v) is 7.86. The Hall–Kier alpha value is -1.22. The Morgan fingerprint density at radius 3 is 2.65 bits per heavy atom. The summed E-state index contributed by atoms with van der Waals surface area (Å²) < 4.78 is 0. The number of halogens is 1. The van der Waals surface area contributed by atoms with Crippen LogP contribution in [0, 0.1) is 5.92 Å². The number of nitrogens with zero attached hydrogens (tertiary/aromatic N) is 1. The largest absolute Gasteiger partial charge is 0.385 e. The summed E-state index contributed by atoms with van der Waals surface area (Å²) in [7, 11) is 0. The van der Waals surface area contributed by atoms with E-state index < -0.39 is 0 Å². The molecule has 3 nitrogen and oxygen atoms in total. The highest BCUT2D eigenvalue weighted by atomic mass is 35.5. The third-order valence-corrected chi connectivity index (χ3v) is 4.29. The lowest BCUT2D eigenvalue weighted by Crippen LogP contribution is -2.38. The fourth-order valence-electron chi connectivity index (χ4n) is 2.75. The third-order valence-electron chi connectivity index (χ3n) is 4.06. The lowest BCUT2D eigenvalue weighted by atomic mass is 9.94. The summed E-state index contributed by atoms with van der Waals surface area (Å²) in [5, 5.41) is 3.85. The smallest absolute Gasteiger partial charge is 0.256 e. The van der Waals surface area contributed by atoms with E-state index in [0.29, 0.717) is 10.6 Å². The normalized spacial score (nSPS) is 16.2. The minimum Gasteiger partial charge on any atom is -0.385 e. The SMILES string of the molecule is CCNc1ccc(Cl)cc1C(=O)N1CCC(CC)CC1. The van der Waals surface area contributed by atoms with Gasteiger partial charge in [0.2, 0.25) is 0 Å². The first-order chi connectivity index (χ1) is 9.65. The summed E-state index contributed by atoms with van der Waals surface area (Å²) >= 11 is 6.05. The number of anilines is 1. The van der Waals surface area contributed by atoms with Crippen molar-refractivity contribution in [1.29, 1.82) is 0 Å². The maximum atomic E-state index is 12.7. The zero-order chi connectivity index (χ0) is 14.5. The highest BCUT2D eigenvalue weighted by molar-refractivity contribution is 6.31. The molecule has 1 heterocycles. The first kappa shape index (κ1) is 15.2. The molecule has 0 spiro atoms. The van der Waals surface area contributed by atoms with Crippen LogP contribution in [0.25, 0.3) is 0 Å². The molecule has 0 unspecified atom stereocenters. The van der Waals surface area contributed by atoms with E-state index >= 15 is 0 Å². The number of carbonyl (C=O) groups excluding carboxylic acids is 1. The van der Waals surface area contributed by atoms with Crippen LogP contribution in [-0.2, 0) is 0 Å². The predicted molar refractivity (Wildman–Crippen MR) is 84.5 cm³/mol. The zero-order valence-electron chi connectivity index (χ0n) is 12.3. The van der Waals surface area contributed by atoms with Crippen molar-refractivity contribution in [1.82, 2.24) is 4.90 Å². The van der Waals surface area contributed by atoms with E-state index in [0.717, 1.165) is 44.1 Å². The van der Waals surface area contributed by atoms with Crippen LogP contribution in [0.15, 0.2) is 18.2 Å². The molecule has 1 aromatic carbocycles. The van der Waals surface area contributed by atoms with Gasteiger partial charge in [-0.05, 0) is 43.9 Å². The van der Waals surface area contributed by atoms with Gasteiger partial charge in [0.15, 0.2) is 0 Å². The van der Waals surface area contributed by atoms with Gasteiger partial charge in [-0.1, -0.05) is 24.9 Å². The number of likely N-dealkylation sites (tertiary alicyclic amines) is 1. The molecule has 1 aliphatic heterocycles. The van der Waals surface area contributed by atoms with Crippen molar-refractivity contribution < 1.29 is 4.79 Å². The van der Waals surface area contributed by atoms with Gasteiger partial charge in [0.25, 0.3) is 5.91 Å². The third kappa shape index (κ3) is 3.45. The average Bonchev–Trinajstić information content (AvgIpc) is 2.48. The second-order valence-corrected chi connectivity index (χ2v) is 5.80. The number of hydrogen-bond acceptors (Lipinski definition) is 2. The van der Waals surface area contributed by atoms with Gasteiger partial charge >= 0.3 is 0 Å². The monoisotopic (exact) mass is 294 g/mol. The van der Waals surface area contributed by atoms with Crippen molar-refractivity contribution in [2.45, 2.75) is 33.1 Å². The van der Waals surface area contributed by atoms with Crippen LogP contribution in [0.4, 0.5) is 5.69 Å². The van der Waals surface area contributed by atoms with E-state index in [1.165, 1.54) is 6.42 Å². The number of rotatable bonds is 4. The molecule has 20 heavy (non-hydrogen) atoms. The van der Waals surface area contributed by atoms with E-state index in [1.807, 2.05) is 24.0 Å². The van der Waals surface area contributed by atoms with Crippen LogP contribution < -0.4 is 5.32 Å². The molecular weight excluding hydrogens is 272 g/mol. The number of carbonyl (C=O) groups is 1. The summed E-state index contributed by atoms with van der Waals surface area (Å²) in [6.07, 6.45) is 3.43. The van der Waals surface area contributed by atoms with Crippen molar-refractivity contribution in [2.24, 2.45) is 5.92 Å². The Labute approximate surface area is 126 Å². The van der Waals surface area contributed by atoms with E-state index in [9.17, 15) is 4.79 Å². The maximum Gasteiger partial charge on any atom is 0.256 e. The van der Waals surface area contributed by atoms with Crippen LogP contribution in [0.2, 0.25) is 5.02 Å². The fourth-order valence-corrected chi connectivity index (χ4v) is 2.92. The van der Waals surface area contributed by atoms with Crippen molar-refractivity contribution in [3.05, 3.63) is 28.8 Å². The predicted octanol–water partition coefficient (Wildman–Crippen LogP) is 4.03. The highest BCUT2D eigenvalue weighted by Crippen LogP contribution is 2.26. The summed E-state index contributed by atoms with van der Waals surface area (Å²) in [5.41, 5.74) is 1.56. The molecule has 1 aliphatic rings. The fraction of sp³-hybridized carbons (Fsp3) is 0.562. The first-order valence-electron chi connectivity index (χ1n) is 7.48. The molecule has 1 N–H and O–H groups in total. The Morgan fingerprint density at radius 2 is 2.05 bits per heavy atom. The van der Waals surface area contributed by atoms with E-state index in [4.69, 9.17) is 11.6 Å². The van der Waals surface area contributed by atoms with Crippen LogP contribution in [0.3, 0.4) is 0 Å². The van der Waals surface area contributed by atoms with Crippen molar-refractivity contribution in [2.75, 3.05) is 25.0 Å². The van der Waals surface area contributed by atoms with Crippen LogP contribution in [0.5, 0.6) is 0 Å². The molecule has 0 radical (unpaired) electrons. The van der Waals surface area contributed by atoms with Crippen LogP contribution in [-0.4, -0.2) is 30.4 Å². The maximum absolute atomic E-state index is 12.7. The molecule has 0 saturated carbocycles. The molecular formula is C16H23ClN2O. The van der Waals surface area contributed by atoms with E-state index in [-0.39, 0.29) is 5.91 Å². The summed E-state index contributed by atoms with van der Waals surface area (Å²) in [6.45, 7) is 6.75. The van der Waals surface area contributed by atoms with Crippen molar-refractivity contribution in [3.8, 4) is 0 Å². The quantitative estimate of drug-likeness (QED) is 0.909. The van der Waals surface area contributed by atoms with Gasteiger partial charge in [-0.3, -0.25) is 4.79 Å². The Kier molecular flexibility index (Phi) is 5.30. The zero-order valence-corrected chi connectivity index (χ0v) is 13.0. The Balaban J connectivity index is 2.14. The molecule has 110 valence electrons. The number of nitrogens with one attached hydrogen (secondary N) is 1. The molecule has 4 heteroatoms. The second kappa shape index (κ2) is 6.98. The molecule has 0 aromatic heterocycles. The molecule has 1 saturated heterocycles. The number of hydrogen-bond donors (Lipinski definition) is 1. The van der Waals surface area contributed by atoms with E-state index in [1.54, 1.807) is 6.07 Å². The molecule has 0 aliphatic carbocycles. The minimum atomic E-state index is 0.0954. The molecule has 1 fully saturated rings. The summed E-state index contributed by atoms with van der Waals surface area (Å²) in [5.74, 6) is 0.865. The topological polar surface area (TPSA) is 32.3 Å². The van der Waals surface area contributed by atoms with Gasteiger partial charge in [-0.25, -0.2) is 0 Å². The lowest BCUT2D eigenvalue weighted by molar-refractivity contribution is 0.0690. The van der Waals surface area contributed by atoms with Crippen molar-refractivity contribution in [3.63, 3.8) is 0 Å². The van der Waals surface area contributed by atoms with Gasteiger partial charge < -0.3 is 10.2 Å².